The van der Waals surface area contributed by atoms with Gasteiger partial charge in [0.25, 0.3) is 0 Å². The highest BCUT2D eigenvalue weighted by atomic mass is 79.9. The monoisotopic (exact) mass is 456 g/mol. The van der Waals surface area contributed by atoms with Gasteiger partial charge in [-0.05, 0) is 46.6 Å². The fourth-order valence-electron chi connectivity index (χ4n) is 2.98. The number of hydrogen-bond acceptors (Lipinski definition) is 6. The largest absolute Gasteiger partial charge is 0.305 e. The van der Waals surface area contributed by atoms with Crippen LogP contribution in [0.15, 0.2) is 41.3 Å². The molecule has 0 saturated heterocycles. The normalized spacial score (nSPS) is 11.0. The van der Waals surface area contributed by atoms with Gasteiger partial charge in [0.15, 0.2) is 10.8 Å². The third kappa shape index (κ3) is 3.15. The Bertz CT molecular complexity index is 1210. The van der Waals surface area contributed by atoms with Gasteiger partial charge in [-0.25, -0.2) is 19.3 Å². The van der Waals surface area contributed by atoms with Gasteiger partial charge in [0.05, 0.1) is 11.9 Å². The summed E-state index contributed by atoms with van der Waals surface area (Å²) in [6, 6.07) is 8.19. The van der Waals surface area contributed by atoms with Gasteiger partial charge >= 0.3 is 0 Å². The molecular formula is C19H14BrFN6S. The Morgan fingerprint density at radius 2 is 2.04 bits per heavy atom. The first-order valence-corrected chi connectivity index (χ1v) is 10.1. The number of halogens is 2. The topological polar surface area (TPSA) is 70.1 Å². The first kappa shape index (κ1) is 18.5. The van der Waals surface area contributed by atoms with Crippen LogP contribution < -0.4 is 4.90 Å². The summed E-state index contributed by atoms with van der Waals surface area (Å²) in [6.07, 6.45) is 4.29. The van der Waals surface area contributed by atoms with Crippen molar-refractivity contribution in [2.45, 2.75) is 13.3 Å². The number of rotatable bonds is 4. The lowest BCUT2D eigenvalue weighted by molar-refractivity contribution is 0.628. The van der Waals surface area contributed by atoms with E-state index in [-0.39, 0.29) is 5.82 Å². The highest BCUT2D eigenvalue weighted by molar-refractivity contribution is 9.10. The van der Waals surface area contributed by atoms with Crippen molar-refractivity contribution >= 4 is 43.9 Å². The van der Waals surface area contributed by atoms with E-state index in [1.807, 2.05) is 29.5 Å². The van der Waals surface area contributed by atoms with Crippen molar-refractivity contribution in [3.05, 3.63) is 57.7 Å². The van der Waals surface area contributed by atoms with Crippen LogP contribution in [0.5, 0.6) is 0 Å². The predicted molar refractivity (Wildman–Crippen MR) is 110 cm³/mol. The van der Waals surface area contributed by atoms with Crippen LogP contribution >= 0.6 is 27.3 Å². The van der Waals surface area contributed by atoms with E-state index in [2.05, 4.69) is 37.0 Å². The molecule has 0 radical (unpaired) electrons. The molecule has 0 amide bonds. The van der Waals surface area contributed by atoms with E-state index < -0.39 is 0 Å². The van der Waals surface area contributed by atoms with E-state index >= 15 is 0 Å². The molecule has 0 unspecified atom stereocenters. The van der Waals surface area contributed by atoms with E-state index in [1.165, 1.54) is 23.5 Å². The van der Waals surface area contributed by atoms with Gasteiger partial charge < -0.3 is 4.90 Å². The third-order valence-corrected chi connectivity index (χ3v) is 5.74. The summed E-state index contributed by atoms with van der Waals surface area (Å²) in [5, 5.41) is 10.2. The minimum Gasteiger partial charge on any atom is -0.305 e. The fraction of sp³-hybridized carbons (Fsp3) is 0.158. The smallest absolute Gasteiger partial charge is 0.192 e. The Balaban J connectivity index is 1.84. The third-order valence-electron chi connectivity index (χ3n) is 4.30. The second-order valence-electron chi connectivity index (χ2n) is 6.03. The molecule has 0 spiro atoms. The summed E-state index contributed by atoms with van der Waals surface area (Å²) in [5.74, 6) is 0.539. The number of anilines is 2. The number of aromatic nitrogens is 4. The van der Waals surface area contributed by atoms with Crippen LogP contribution in [-0.2, 0) is 6.42 Å². The highest BCUT2D eigenvalue weighted by Crippen LogP contribution is 2.36. The van der Waals surface area contributed by atoms with E-state index in [1.54, 1.807) is 18.3 Å². The zero-order valence-electron chi connectivity index (χ0n) is 15.0. The molecule has 3 aromatic heterocycles. The van der Waals surface area contributed by atoms with Crippen molar-refractivity contribution in [2.75, 3.05) is 11.9 Å². The molecule has 28 heavy (non-hydrogen) atoms. The number of aryl methyl sites for hydroxylation is 1. The number of thiazole rings is 1. The quantitative estimate of drug-likeness (QED) is 0.434. The number of imidazole rings is 1. The number of hydrogen-bond donors (Lipinski definition) is 0. The van der Waals surface area contributed by atoms with Crippen LogP contribution in [-0.4, -0.2) is 26.4 Å². The maximum atomic E-state index is 13.3. The molecule has 4 aromatic rings. The average molecular weight is 457 g/mol. The summed E-state index contributed by atoms with van der Waals surface area (Å²) in [6.45, 7) is 2.04. The van der Waals surface area contributed by atoms with Crippen LogP contribution in [0.3, 0.4) is 0 Å². The molecule has 0 atom stereocenters. The van der Waals surface area contributed by atoms with Crippen molar-refractivity contribution in [1.82, 2.24) is 19.4 Å². The summed E-state index contributed by atoms with van der Waals surface area (Å²) in [4.78, 5) is 15.9. The van der Waals surface area contributed by atoms with Crippen molar-refractivity contribution in [2.24, 2.45) is 0 Å². The second-order valence-corrected chi connectivity index (χ2v) is 7.82. The number of nitrogens with zero attached hydrogens (tertiary/aromatic N) is 6. The van der Waals surface area contributed by atoms with E-state index in [4.69, 9.17) is 0 Å². The molecule has 9 heteroatoms. The van der Waals surface area contributed by atoms with Crippen molar-refractivity contribution in [3.63, 3.8) is 0 Å². The lowest BCUT2D eigenvalue weighted by atomic mass is 10.1. The van der Waals surface area contributed by atoms with Gasteiger partial charge in [0.2, 0.25) is 0 Å². The molecule has 6 nitrogen and oxygen atoms in total. The van der Waals surface area contributed by atoms with E-state index in [0.29, 0.717) is 25.9 Å². The Kier molecular flexibility index (Phi) is 4.83. The standard InChI is InChI=1S/C19H14BrFN6S/c1-3-13-18(27-10-15(20)23-9-16(27)24-13)26(2)19-25-17(14(8-22)28-19)11-4-6-12(21)7-5-11/h4-7,9-10H,3H2,1-2H3. The summed E-state index contributed by atoms with van der Waals surface area (Å²) >= 11 is 4.69. The van der Waals surface area contributed by atoms with Crippen molar-refractivity contribution < 1.29 is 4.39 Å². The predicted octanol–water partition coefficient (Wildman–Crippen LogP) is 4.96. The van der Waals surface area contributed by atoms with Gasteiger partial charge in [-0.2, -0.15) is 5.26 Å². The first-order valence-electron chi connectivity index (χ1n) is 8.45. The fourth-order valence-corrected chi connectivity index (χ4v) is 4.14. The average Bonchev–Trinajstić information content (AvgIpc) is 3.29. The molecule has 0 bridgehead atoms. The maximum absolute atomic E-state index is 13.3. The SMILES string of the molecule is CCc1nc2cnc(Br)cn2c1N(C)c1nc(-c2ccc(F)cc2)c(C#N)s1. The molecule has 140 valence electrons. The Hall–Kier alpha value is -2.83. The van der Waals surface area contributed by atoms with Gasteiger partial charge in [0.1, 0.15) is 32.9 Å². The van der Waals surface area contributed by atoms with Crippen LogP contribution in [0.25, 0.3) is 16.9 Å². The van der Waals surface area contributed by atoms with E-state index in [9.17, 15) is 9.65 Å². The Labute approximate surface area is 173 Å². The molecule has 0 aliphatic heterocycles. The van der Waals surface area contributed by atoms with Crippen molar-refractivity contribution in [1.29, 1.82) is 5.26 Å². The molecular weight excluding hydrogens is 443 g/mol. The Morgan fingerprint density at radius 3 is 2.71 bits per heavy atom. The Morgan fingerprint density at radius 1 is 1.29 bits per heavy atom. The van der Waals surface area contributed by atoms with Gasteiger partial charge in [-0.1, -0.05) is 18.3 Å². The summed E-state index contributed by atoms with van der Waals surface area (Å²) in [5.41, 5.74) is 2.89. The number of fused-ring (bicyclic) bond motifs is 1. The molecule has 0 N–H and O–H groups in total. The number of benzene rings is 1. The minimum absolute atomic E-state index is 0.327. The van der Waals surface area contributed by atoms with Crippen LogP contribution in [0, 0.1) is 17.1 Å². The first-order chi connectivity index (χ1) is 13.5. The van der Waals surface area contributed by atoms with Crippen LogP contribution in [0.2, 0.25) is 0 Å². The molecule has 0 aliphatic rings. The molecule has 4 rings (SSSR count). The second kappa shape index (κ2) is 7.30. The zero-order chi connectivity index (χ0) is 19.8. The van der Waals surface area contributed by atoms with Crippen molar-refractivity contribution in [3.8, 4) is 17.3 Å². The van der Waals surface area contributed by atoms with Gasteiger partial charge in [-0.3, -0.25) is 4.40 Å². The maximum Gasteiger partial charge on any atom is 0.192 e. The molecule has 0 saturated carbocycles. The summed E-state index contributed by atoms with van der Waals surface area (Å²) in [7, 11) is 1.89. The molecule has 1 aromatic carbocycles. The highest BCUT2D eigenvalue weighted by Gasteiger charge is 2.22. The minimum atomic E-state index is -0.327. The zero-order valence-corrected chi connectivity index (χ0v) is 17.4. The lowest BCUT2D eigenvalue weighted by Gasteiger charge is -2.16. The molecule has 0 fully saturated rings. The lowest BCUT2D eigenvalue weighted by Crippen LogP contribution is -2.13. The van der Waals surface area contributed by atoms with E-state index in [0.717, 1.165) is 23.6 Å². The molecule has 0 aliphatic carbocycles. The van der Waals surface area contributed by atoms with Crippen LogP contribution in [0.4, 0.5) is 15.3 Å². The summed E-state index contributed by atoms with van der Waals surface area (Å²) < 4.78 is 15.9. The molecule has 3 heterocycles. The van der Waals surface area contributed by atoms with Gasteiger partial charge in [-0.15, -0.1) is 0 Å². The number of nitriles is 1. The van der Waals surface area contributed by atoms with Gasteiger partial charge in [0, 0.05) is 18.8 Å². The van der Waals surface area contributed by atoms with Crippen LogP contribution in [0.1, 0.15) is 17.5 Å².